The van der Waals surface area contributed by atoms with Crippen LogP contribution in [0.1, 0.15) is 31.2 Å². The number of hydrogen-bond donors (Lipinski definition) is 1. The molecule has 21 heavy (non-hydrogen) atoms. The van der Waals surface area contributed by atoms with E-state index in [0.717, 1.165) is 48.2 Å². The van der Waals surface area contributed by atoms with Gasteiger partial charge in [-0.05, 0) is 37.8 Å². The number of rotatable bonds is 2. The van der Waals surface area contributed by atoms with Crippen molar-refractivity contribution in [2.45, 2.75) is 25.7 Å². The fourth-order valence-electron chi connectivity index (χ4n) is 2.70. The van der Waals surface area contributed by atoms with Gasteiger partial charge in [0.25, 0.3) is 0 Å². The zero-order valence-corrected chi connectivity index (χ0v) is 12.0. The van der Waals surface area contributed by atoms with Crippen LogP contribution in [0, 0.1) is 0 Å². The van der Waals surface area contributed by atoms with Gasteiger partial charge in [-0.25, -0.2) is 0 Å². The van der Waals surface area contributed by atoms with Crippen LogP contribution in [0.25, 0.3) is 5.76 Å². The van der Waals surface area contributed by atoms with Crippen LogP contribution in [0.3, 0.4) is 0 Å². The van der Waals surface area contributed by atoms with Crippen molar-refractivity contribution < 1.29 is 5.11 Å². The molecule has 2 heteroatoms. The zero-order chi connectivity index (χ0) is 14.5. The number of benzene rings is 2. The van der Waals surface area contributed by atoms with Crippen LogP contribution in [-0.2, 0) is 0 Å². The van der Waals surface area contributed by atoms with Crippen molar-refractivity contribution in [1.82, 2.24) is 0 Å². The summed E-state index contributed by atoms with van der Waals surface area (Å²) in [6.07, 6.45) is 4.07. The predicted octanol–water partition coefficient (Wildman–Crippen LogP) is 5.30. The second-order valence-electron chi connectivity index (χ2n) is 5.29. The molecule has 0 heterocycles. The number of nitrogens with zero attached hydrogens (tertiary/aromatic N) is 1. The maximum absolute atomic E-state index is 10.6. The lowest BCUT2D eigenvalue weighted by atomic mass is 9.90. The first kappa shape index (κ1) is 13.6. The van der Waals surface area contributed by atoms with Crippen LogP contribution in [0.2, 0.25) is 0 Å². The van der Waals surface area contributed by atoms with Gasteiger partial charge in [0.05, 0.1) is 5.69 Å². The number of aliphatic hydroxyl groups is 1. The van der Waals surface area contributed by atoms with Crippen molar-refractivity contribution in [3.8, 4) is 0 Å². The Hall–Kier alpha value is -2.35. The summed E-state index contributed by atoms with van der Waals surface area (Å²) in [5.74, 6) is 0.380. The Bertz CT molecular complexity index is 656. The van der Waals surface area contributed by atoms with Gasteiger partial charge in [-0.1, -0.05) is 48.5 Å². The molecular weight excluding hydrogens is 258 g/mol. The fraction of sp³-hybridized carbons (Fsp3) is 0.211. The summed E-state index contributed by atoms with van der Waals surface area (Å²) < 4.78 is 0. The highest BCUT2D eigenvalue weighted by Gasteiger charge is 2.18. The van der Waals surface area contributed by atoms with Gasteiger partial charge in [0, 0.05) is 16.8 Å². The van der Waals surface area contributed by atoms with E-state index in [4.69, 9.17) is 4.99 Å². The first-order chi connectivity index (χ1) is 10.3. The summed E-state index contributed by atoms with van der Waals surface area (Å²) in [5.41, 5.74) is 3.84. The normalized spacial score (nSPS) is 19.5. The second kappa shape index (κ2) is 6.40. The third-order valence-electron chi connectivity index (χ3n) is 3.79. The van der Waals surface area contributed by atoms with E-state index >= 15 is 0 Å². The molecule has 0 amide bonds. The summed E-state index contributed by atoms with van der Waals surface area (Å²) in [7, 11) is 0. The highest BCUT2D eigenvalue weighted by molar-refractivity contribution is 6.06. The average Bonchev–Trinajstić information content (AvgIpc) is 2.56. The van der Waals surface area contributed by atoms with E-state index in [1.54, 1.807) is 0 Å². The summed E-state index contributed by atoms with van der Waals surface area (Å²) >= 11 is 0. The van der Waals surface area contributed by atoms with Crippen molar-refractivity contribution in [2.75, 3.05) is 0 Å². The second-order valence-corrected chi connectivity index (χ2v) is 5.29. The summed E-state index contributed by atoms with van der Waals surface area (Å²) in [6, 6.07) is 19.7. The van der Waals surface area contributed by atoms with E-state index in [2.05, 4.69) is 0 Å². The molecule has 0 radical (unpaired) electrons. The van der Waals surface area contributed by atoms with Crippen molar-refractivity contribution >= 4 is 17.2 Å². The lowest BCUT2D eigenvalue weighted by molar-refractivity contribution is 0.504. The minimum atomic E-state index is 0.380. The number of allylic oxidation sites excluding steroid dienone is 1. The summed E-state index contributed by atoms with van der Waals surface area (Å²) in [4.78, 5) is 4.74. The maximum Gasteiger partial charge on any atom is 0.127 e. The van der Waals surface area contributed by atoms with Gasteiger partial charge in [-0.3, -0.25) is 4.99 Å². The monoisotopic (exact) mass is 277 g/mol. The Labute approximate surface area is 125 Å². The molecule has 0 bridgehead atoms. The molecule has 0 aliphatic heterocycles. The first-order valence-electron chi connectivity index (χ1n) is 7.45. The van der Waals surface area contributed by atoms with Crippen LogP contribution < -0.4 is 0 Å². The Morgan fingerprint density at radius 2 is 1.43 bits per heavy atom. The van der Waals surface area contributed by atoms with Crippen LogP contribution in [0.4, 0.5) is 5.69 Å². The van der Waals surface area contributed by atoms with Crippen molar-refractivity contribution in [3.05, 3.63) is 71.8 Å². The van der Waals surface area contributed by atoms with Crippen LogP contribution in [-0.4, -0.2) is 10.8 Å². The van der Waals surface area contributed by atoms with Gasteiger partial charge in [-0.2, -0.15) is 0 Å². The van der Waals surface area contributed by atoms with Crippen LogP contribution in [0.5, 0.6) is 0 Å². The first-order valence-corrected chi connectivity index (χ1v) is 7.45. The van der Waals surface area contributed by atoms with Crippen molar-refractivity contribution in [3.63, 3.8) is 0 Å². The molecule has 0 saturated heterocycles. The zero-order valence-electron chi connectivity index (χ0n) is 12.0. The van der Waals surface area contributed by atoms with E-state index in [1.165, 1.54) is 0 Å². The molecule has 0 atom stereocenters. The molecule has 1 aliphatic carbocycles. The van der Waals surface area contributed by atoms with Gasteiger partial charge < -0.3 is 5.11 Å². The average molecular weight is 277 g/mol. The van der Waals surface area contributed by atoms with E-state index in [-0.39, 0.29) is 0 Å². The van der Waals surface area contributed by atoms with Gasteiger partial charge in [0.2, 0.25) is 0 Å². The Morgan fingerprint density at radius 1 is 0.810 bits per heavy atom. The molecule has 1 fully saturated rings. The fourth-order valence-corrected chi connectivity index (χ4v) is 2.70. The molecule has 1 N–H and O–H groups in total. The summed E-state index contributed by atoms with van der Waals surface area (Å²) in [6.45, 7) is 0. The topological polar surface area (TPSA) is 32.6 Å². The van der Waals surface area contributed by atoms with Gasteiger partial charge in [0.1, 0.15) is 5.76 Å². The highest BCUT2D eigenvalue weighted by Crippen LogP contribution is 2.29. The number of aliphatic hydroxyl groups excluding tert-OH is 1. The van der Waals surface area contributed by atoms with Crippen molar-refractivity contribution in [2.24, 2.45) is 4.99 Å². The minimum Gasteiger partial charge on any atom is -0.507 e. The highest BCUT2D eigenvalue weighted by atomic mass is 16.3. The Balaban J connectivity index is 2.01. The largest absolute Gasteiger partial charge is 0.507 e. The number of aliphatic imine (C=N–C) groups is 1. The standard InChI is InChI=1S/C19H19NO/c21-19(15-9-3-1-4-10-15)17-13-7-8-14-18(17)20-16-11-5-2-6-12-16/h1-6,9-12,21H,7-8,13-14H2/b19-17-,20-18+. The lowest BCUT2D eigenvalue weighted by Gasteiger charge is -2.19. The third-order valence-corrected chi connectivity index (χ3v) is 3.79. The lowest BCUT2D eigenvalue weighted by Crippen LogP contribution is -2.11. The molecule has 3 rings (SSSR count). The van der Waals surface area contributed by atoms with Gasteiger partial charge in [0.15, 0.2) is 0 Å². The SMILES string of the molecule is O/C(=C1/CCCC/C1=N\c1ccccc1)c1ccccc1. The predicted molar refractivity (Wildman–Crippen MR) is 88.0 cm³/mol. The quantitative estimate of drug-likeness (QED) is 0.742. The van der Waals surface area contributed by atoms with E-state index in [1.807, 2.05) is 60.7 Å². The van der Waals surface area contributed by atoms with Gasteiger partial charge >= 0.3 is 0 Å². The van der Waals surface area contributed by atoms with Crippen LogP contribution in [0.15, 0.2) is 71.2 Å². The molecule has 0 unspecified atom stereocenters. The molecule has 1 saturated carbocycles. The van der Waals surface area contributed by atoms with E-state index in [0.29, 0.717) is 5.76 Å². The Kier molecular flexibility index (Phi) is 4.15. The molecular formula is C19H19NO. The maximum atomic E-state index is 10.6. The van der Waals surface area contributed by atoms with E-state index < -0.39 is 0 Å². The van der Waals surface area contributed by atoms with Gasteiger partial charge in [-0.15, -0.1) is 0 Å². The number of para-hydroxylation sites is 1. The smallest absolute Gasteiger partial charge is 0.127 e. The van der Waals surface area contributed by atoms with Crippen molar-refractivity contribution in [1.29, 1.82) is 0 Å². The number of hydrogen-bond acceptors (Lipinski definition) is 2. The molecule has 106 valence electrons. The minimum absolute atomic E-state index is 0.380. The third kappa shape index (κ3) is 3.22. The van der Waals surface area contributed by atoms with E-state index in [9.17, 15) is 5.11 Å². The molecule has 2 aromatic carbocycles. The molecule has 2 nitrogen and oxygen atoms in total. The summed E-state index contributed by atoms with van der Waals surface area (Å²) in [5, 5.41) is 10.6. The molecule has 0 spiro atoms. The Morgan fingerprint density at radius 3 is 2.14 bits per heavy atom. The molecule has 1 aliphatic rings. The van der Waals surface area contributed by atoms with Crippen LogP contribution >= 0.6 is 0 Å². The molecule has 0 aromatic heterocycles. The molecule has 2 aromatic rings.